The Morgan fingerprint density at radius 3 is 2.53 bits per heavy atom. The maximum absolute atomic E-state index is 11.7. The fraction of sp³-hybridized carbons (Fsp3) is 0.346. The Hall–Kier alpha value is -3.52. The van der Waals surface area contributed by atoms with Crippen molar-refractivity contribution in [3.63, 3.8) is 0 Å². The van der Waals surface area contributed by atoms with Crippen LogP contribution in [0.25, 0.3) is 11.3 Å². The van der Waals surface area contributed by atoms with E-state index in [9.17, 15) is 8.42 Å². The van der Waals surface area contributed by atoms with Crippen LogP contribution >= 0.6 is 0 Å². The number of nitrogens with one attached hydrogen (secondary N) is 1. The number of aromatic nitrogens is 3. The number of aryl methyl sites for hydroxylation is 2. The summed E-state index contributed by atoms with van der Waals surface area (Å²) in [5, 5.41) is 0. The zero-order valence-electron chi connectivity index (χ0n) is 20.7. The zero-order valence-corrected chi connectivity index (χ0v) is 21.5. The van der Waals surface area contributed by atoms with Crippen molar-refractivity contribution in [1.82, 2.24) is 19.9 Å². The first kappa shape index (κ1) is 25.6. The van der Waals surface area contributed by atoms with Gasteiger partial charge in [-0.2, -0.15) is 0 Å². The number of nitrogens with zero attached hydrogens (tertiary/aromatic N) is 4. The number of hydrogen-bond acceptors (Lipinski definition) is 8. The van der Waals surface area contributed by atoms with Crippen molar-refractivity contribution in [3.8, 4) is 23.1 Å². The van der Waals surface area contributed by atoms with Gasteiger partial charge < -0.3 is 10.5 Å². The number of rotatable bonds is 6. The van der Waals surface area contributed by atoms with Gasteiger partial charge in [-0.1, -0.05) is 43.0 Å². The Morgan fingerprint density at radius 2 is 1.86 bits per heavy atom. The zero-order chi connectivity index (χ0) is 25.7. The number of hydrogen-bond donors (Lipinski definition) is 2. The number of pyridine rings is 1. The predicted octanol–water partition coefficient (Wildman–Crippen LogP) is 2.60. The van der Waals surface area contributed by atoms with Gasteiger partial charge >= 0.3 is 0 Å². The van der Waals surface area contributed by atoms with E-state index in [1.807, 2.05) is 19.1 Å². The lowest BCUT2D eigenvalue weighted by molar-refractivity contribution is 0.0342. The van der Waals surface area contributed by atoms with E-state index in [4.69, 9.17) is 10.5 Å². The minimum absolute atomic E-state index is 0.196. The molecule has 3 N–H and O–H groups in total. The molecule has 4 rings (SSSR count). The van der Waals surface area contributed by atoms with E-state index in [1.165, 1.54) is 5.56 Å². The number of nitrogen functional groups attached to an aromatic ring is 1. The lowest BCUT2D eigenvalue weighted by Gasteiger charge is -2.26. The second kappa shape index (κ2) is 11.0. The van der Waals surface area contributed by atoms with Gasteiger partial charge in [0.15, 0.2) is 0 Å². The Kier molecular flexibility index (Phi) is 7.84. The quantitative estimate of drug-likeness (QED) is 0.489. The highest BCUT2D eigenvalue weighted by molar-refractivity contribution is 7.92. The maximum atomic E-state index is 11.7. The second-order valence-corrected chi connectivity index (χ2v) is 10.4. The van der Waals surface area contributed by atoms with Gasteiger partial charge in [-0.25, -0.2) is 18.4 Å². The van der Waals surface area contributed by atoms with E-state index >= 15 is 0 Å². The highest BCUT2D eigenvalue weighted by Crippen LogP contribution is 2.25. The summed E-state index contributed by atoms with van der Waals surface area (Å²) < 4.78 is 31.3. The average molecular weight is 507 g/mol. The Bertz CT molecular complexity index is 1410. The van der Waals surface area contributed by atoms with Gasteiger partial charge in [0.05, 0.1) is 47.8 Å². The molecule has 0 bridgehead atoms. The van der Waals surface area contributed by atoms with Gasteiger partial charge in [0.25, 0.3) is 0 Å². The molecule has 1 fully saturated rings. The van der Waals surface area contributed by atoms with Crippen molar-refractivity contribution in [3.05, 3.63) is 64.6 Å². The fourth-order valence-electron chi connectivity index (χ4n) is 3.95. The van der Waals surface area contributed by atoms with Crippen molar-refractivity contribution in [2.75, 3.05) is 43.0 Å². The molecule has 0 atom stereocenters. The third kappa shape index (κ3) is 6.57. The number of sulfonamides is 1. The van der Waals surface area contributed by atoms with E-state index < -0.39 is 10.0 Å². The number of benzene rings is 1. The minimum Gasteiger partial charge on any atom is -0.379 e. The molecule has 9 nitrogen and oxygen atoms in total. The first-order valence-corrected chi connectivity index (χ1v) is 13.6. The van der Waals surface area contributed by atoms with Gasteiger partial charge in [-0.05, 0) is 25.0 Å². The van der Waals surface area contributed by atoms with Crippen LogP contribution in [0.4, 0.5) is 11.6 Å². The summed E-state index contributed by atoms with van der Waals surface area (Å²) in [6.07, 6.45) is 3.34. The molecular formula is C26H30N6O3S. The SMILES string of the molecule is CCc1nc(N)nc(-c2ccc(CN3CCOCC3)cc2)c1C#Cc1cnc(C)c(NS(C)(=O)=O)c1. The molecular weight excluding hydrogens is 476 g/mol. The summed E-state index contributed by atoms with van der Waals surface area (Å²) in [6, 6.07) is 9.92. The molecule has 1 aromatic carbocycles. The standard InChI is InChI=1S/C26H30N6O3S/c1-4-23-22(10-7-20-15-24(18(2)28-16-20)31-36(3,33)34)25(30-26(27)29-23)21-8-5-19(6-9-21)17-32-11-13-35-14-12-32/h5-6,8-9,15-16,31H,4,11-14,17H2,1-3H3,(H2,27,29,30). The van der Waals surface area contributed by atoms with Crippen LogP contribution in [0.2, 0.25) is 0 Å². The van der Waals surface area contributed by atoms with Crippen molar-refractivity contribution >= 4 is 21.7 Å². The molecule has 3 heterocycles. The smallest absolute Gasteiger partial charge is 0.229 e. The van der Waals surface area contributed by atoms with Crippen LogP contribution in [0.1, 0.15) is 35.0 Å². The van der Waals surface area contributed by atoms with Crippen LogP contribution in [0, 0.1) is 18.8 Å². The third-order valence-electron chi connectivity index (χ3n) is 5.79. The van der Waals surface area contributed by atoms with Gasteiger partial charge in [-0.15, -0.1) is 0 Å². The molecule has 10 heteroatoms. The predicted molar refractivity (Wildman–Crippen MR) is 141 cm³/mol. The van der Waals surface area contributed by atoms with Gasteiger partial charge in [0.1, 0.15) is 0 Å². The number of nitrogens with two attached hydrogens (primary N) is 1. The van der Waals surface area contributed by atoms with E-state index in [2.05, 4.69) is 48.5 Å². The third-order valence-corrected chi connectivity index (χ3v) is 6.38. The van der Waals surface area contributed by atoms with Gasteiger partial charge in [-0.3, -0.25) is 14.6 Å². The van der Waals surface area contributed by atoms with Crippen molar-refractivity contribution < 1.29 is 13.2 Å². The maximum Gasteiger partial charge on any atom is 0.229 e. The molecule has 1 saturated heterocycles. The molecule has 188 valence electrons. The molecule has 0 amide bonds. The number of ether oxygens (including phenoxy) is 1. The first-order valence-electron chi connectivity index (χ1n) is 11.7. The minimum atomic E-state index is -3.44. The molecule has 1 aliphatic rings. The molecule has 0 spiro atoms. The Morgan fingerprint density at radius 1 is 1.14 bits per heavy atom. The highest BCUT2D eigenvalue weighted by atomic mass is 32.2. The summed E-state index contributed by atoms with van der Waals surface area (Å²) in [5.41, 5.74) is 11.8. The number of morpholine rings is 1. The Labute approximate surface area is 212 Å². The van der Waals surface area contributed by atoms with Crippen LogP contribution in [-0.4, -0.2) is 60.8 Å². The van der Waals surface area contributed by atoms with Gasteiger partial charge in [0.2, 0.25) is 16.0 Å². The van der Waals surface area contributed by atoms with Crippen molar-refractivity contribution in [2.24, 2.45) is 0 Å². The highest BCUT2D eigenvalue weighted by Gasteiger charge is 2.15. The topological polar surface area (TPSA) is 123 Å². The van der Waals surface area contributed by atoms with Gasteiger partial charge in [0, 0.05) is 37.0 Å². The lowest BCUT2D eigenvalue weighted by Crippen LogP contribution is -2.35. The van der Waals surface area contributed by atoms with E-state index in [-0.39, 0.29) is 5.95 Å². The molecule has 0 saturated carbocycles. The summed E-state index contributed by atoms with van der Waals surface area (Å²) in [5.74, 6) is 6.49. The monoisotopic (exact) mass is 506 g/mol. The van der Waals surface area contributed by atoms with E-state index in [0.717, 1.165) is 50.4 Å². The van der Waals surface area contributed by atoms with E-state index in [1.54, 1.807) is 19.2 Å². The van der Waals surface area contributed by atoms with Crippen LogP contribution in [0.15, 0.2) is 36.5 Å². The fourth-order valence-corrected chi connectivity index (χ4v) is 4.55. The molecule has 2 aromatic heterocycles. The second-order valence-electron chi connectivity index (χ2n) is 8.67. The summed E-state index contributed by atoms with van der Waals surface area (Å²) in [4.78, 5) is 15.6. The first-order chi connectivity index (χ1) is 17.2. The Balaban J connectivity index is 1.67. The summed E-state index contributed by atoms with van der Waals surface area (Å²) in [7, 11) is -3.44. The average Bonchev–Trinajstić information content (AvgIpc) is 2.85. The van der Waals surface area contributed by atoms with Crippen molar-refractivity contribution in [1.29, 1.82) is 0 Å². The van der Waals surface area contributed by atoms with Crippen molar-refractivity contribution in [2.45, 2.75) is 26.8 Å². The van der Waals surface area contributed by atoms with Crippen LogP contribution < -0.4 is 10.5 Å². The molecule has 36 heavy (non-hydrogen) atoms. The van der Waals surface area contributed by atoms with Crippen LogP contribution in [0.3, 0.4) is 0 Å². The largest absolute Gasteiger partial charge is 0.379 e. The van der Waals surface area contributed by atoms with Crippen LogP contribution in [-0.2, 0) is 27.7 Å². The molecule has 0 unspecified atom stereocenters. The summed E-state index contributed by atoms with van der Waals surface area (Å²) >= 11 is 0. The molecule has 1 aliphatic heterocycles. The molecule has 0 radical (unpaired) electrons. The van der Waals surface area contributed by atoms with Crippen LogP contribution in [0.5, 0.6) is 0 Å². The molecule has 0 aliphatic carbocycles. The lowest BCUT2D eigenvalue weighted by atomic mass is 10.0. The normalized spacial score (nSPS) is 14.2. The molecule has 3 aromatic rings. The number of anilines is 2. The van der Waals surface area contributed by atoms with E-state index in [0.29, 0.717) is 34.6 Å². The summed E-state index contributed by atoms with van der Waals surface area (Å²) in [6.45, 7) is 7.98.